The van der Waals surface area contributed by atoms with Gasteiger partial charge in [-0.1, -0.05) is 0 Å². The van der Waals surface area contributed by atoms with Crippen molar-refractivity contribution in [3.8, 4) is 0 Å². The minimum Gasteiger partial charge on any atom is -1.00 e. The summed E-state index contributed by atoms with van der Waals surface area (Å²) in [7, 11) is -5.39. The van der Waals surface area contributed by atoms with Gasteiger partial charge in [-0.05, 0) is 0 Å². The molecule has 0 unspecified atom stereocenters. The van der Waals surface area contributed by atoms with Crippen LogP contribution in [0.5, 0.6) is 0 Å². The maximum Gasteiger partial charge on any atom is 3.00 e. The van der Waals surface area contributed by atoms with Crippen LogP contribution in [0.3, 0.4) is 0 Å². The summed E-state index contributed by atoms with van der Waals surface area (Å²) in [4.78, 5) is 25.6. The van der Waals surface area contributed by atoms with E-state index in [0.29, 0.717) is 0 Å². The van der Waals surface area contributed by atoms with Crippen LogP contribution in [0.2, 0.25) is 0 Å². The summed E-state index contributed by atoms with van der Waals surface area (Å²) in [6, 6.07) is 0. The van der Waals surface area contributed by atoms with Gasteiger partial charge in [0.05, 0.1) is 0 Å². The first kappa shape index (κ1) is 22.7. The van der Waals surface area contributed by atoms with E-state index in [-0.39, 0.29) is 51.3 Å². The van der Waals surface area contributed by atoms with Gasteiger partial charge in [0.25, 0.3) is 0 Å². The van der Waals surface area contributed by atoms with Crippen LogP contribution in [0.4, 0.5) is 0 Å². The molecule has 0 aromatic carbocycles. The predicted molar refractivity (Wildman–Crippen MR) is 7.61 cm³/mol. The smallest absolute Gasteiger partial charge is 1.00 e. The van der Waals surface area contributed by atoms with E-state index in [1.807, 2.05) is 0 Å². The predicted octanol–water partition coefficient (Wildman–Crippen LogP) is -8.82. The Morgan fingerprint density at radius 2 is 1.12 bits per heavy atom. The van der Waals surface area contributed by atoms with Crippen LogP contribution in [0, 0.1) is 0 Å². The quantitative estimate of drug-likeness (QED) is 0.282. The molecular weight excluding hydrogens is 193 g/mol. The monoisotopic (exact) mass is 193 g/mol. The first-order valence-corrected chi connectivity index (χ1v) is 2.19. The molecule has 0 aromatic rings. The fourth-order valence-electron chi connectivity index (χ4n) is 0. The maximum atomic E-state index is 8.55. The molecule has 45 valence electrons. The van der Waals surface area contributed by atoms with Gasteiger partial charge in [0, 0.05) is 0 Å². The second-order valence-electron chi connectivity index (χ2n) is 0.447. The third-order valence-corrected chi connectivity index (χ3v) is 0. The third-order valence-electron chi connectivity index (χ3n) is 0. The Kier molecular flexibility index (Phi) is 24.2. The van der Waals surface area contributed by atoms with Gasteiger partial charge in [0.1, 0.15) is 0 Å². The minimum atomic E-state index is -5.39. The second-order valence-corrected chi connectivity index (χ2v) is 1.34. The van der Waals surface area contributed by atoms with Crippen molar-refractivity contribution >= 4 is 7.82 Å². The molecule has 0 heterocycles. The zero-order valence-corrected chi connectivity index (χ0v) is 7.81. The van der Waals surface area contributed by atoms with E-state index in [4.69, 9.17) is 19.2 Å². The van der Waals surface area contributed by atoms with Gasteiger partial charge in [-0.2, -0.15) is 7.82 Å². The topological polar surface area (TPSA) is 86.2 Å². The van der Waals surface area contributed by atoms with Gasteiger partial charge in [-0.15, -0.1) is 0 Å². The molecule has 0 bridgehead atoms. The number of hydrogen-bond donors (Lipinski definition) is 0. The van der Waals surface area contributed by atoms with Crippen molar-refractivity contribution in [3.63, 3.8) is 0 Å². The second kappa shape index (κ2) is 8.56. The van der Waals surface area contributed by atoms with E-state index in [1.165, 1.54) is 0 Å². The average Bonchev–Trinajstić information content (AvgIpc) is 0.722. The zero-order valence-electron chi connectivity index (χ0n) is 3.81. The molecule has 0 aliphatic rings. The molecule has 0 saturated carbocycles. The molecule has 0 fully saturated rings. The molecular formula is FFeNaO4P. The largest absolute Gasteiger partial charge is 3.00 e. The Labute approximate surface area is 78.0 Å². The first-order chi connectivity index (χ1) is 2.00. The molecule has 4 nitrogen and oxygen atoms in total. The van der Waals surface area contributed by atoms with Crippen LogP contribution in [0.25, 0.3) is 0 Å². The summed E-state index contributed by atoms with van der Waals surface area (Å²) in [5, 5.41) is 0. The van der Waals surface area contributed by atoms with Crippen LogP contribution in [-0.4, -0.2) is 0 Å². The van der Waals surface area contributed by atoms with E-state index in [9.17, 15) is 0 Å². The van der Waals surface area contributed by atoms with Crippen LogP contribution < -0.4 is 48.9 Å². The summed E-state index contributed by atoms with van der Waals surface area (Å²) in [6.45, 7) is 0. The van der Waals surface area contributed by atoms with Gasteiger partial charge in [0.15, 0.2) is 0 Å². The summed E-state index contributed by atoms with van der Waals surface area (Å²) in [6.07, 6.45) is 0. The number of rotatable bonds is 0. The Morgan fingerprint density at radius 3 is 1.12 bits per heavy atom. The van der Waals surface area contributed by atoms with Crippen LogP contribution in [-0.2, 0) is 21.6 Å². The van der Waals surface area contributed by atoms with Gasteiger partial charge in [-0.25, -0.2) is 0 Å². The van der Waals surface area contributed by atoms with Crippen LogP contribution in [0.15, 0.2) is 0 Å². The van der Waals surface area contributed by atoms with E-state index >= 15 is 0 Å². The average molecular weight is 193 g/mol. The van der Waals surface area contributed by atoms with E-state index in [0.717, 1.165) is 0 Å². The maximum absolute atomic E-state index is 8.55. The molecule has 8 heteroatoms. The molecule has 1 radical (unpaired) electrons. The number of phosphoric acid groups is 1. The fraction of sp³-hybridized carbons (Fsp3) is 0. The minimum absolute atomic E-state index is 0. The normalized spacial score (nSPS) is 7.38. The molecule has 0 aliphatic carbocycles. The SMILES string of the molecule is O=P([O-])([O-])[O-].[F-].[Fe+3].[Na+]. The summed E-state index contributed by atoms with van der Waals surface area (Å²) < 4.78 is 8.55. The van der Waals surface area contributed by atoms with Crippen molar-refractivity contribution in [1.82, 2.24) is 0 Å². The molecule has 0 aromatic heterocycles. The Bertz CT molecular complexity index is 62.2. The Hall–Kier alpha value is 1.56. The molecule has 0 rings (SSSR count). The number of halogens is 1. The number of hydrogen-bond acceptors (Lipinski definition) is 4. The summed E-state index contributed by atoms with van der Waals surface area (Å²) in [5.74, 6) is 0. The first-order valence-electron chi connectivity index (χ1n) is 0.730. The van der Waals surface area contributed by atoms with Crippen molar-refractivity contribution in [2.45, 2.75) is 0 Å². The Balaban J connectivity index is -0.0000000267. The van der Waals surface area contributed by atoms with Crippen molar-refractivity contribution < 1.29 is 70.6 Å². The van der Waals surface area contributed by atoms with Crippen molar-refractivity contribution in [2.24, 2.45) is 0 Å². The molecule has 0 amide bonds. The molecule has 0 aliphatic heterocycles. The van der Waals surface area contributed by atoms with Crippen LogP contribution in [0.1, 0.15) is 0 Å². The van der Waals surface area contributed by atoms with Gasteiger partial charge < -0.3 is 23.9 Å². The molecule has 0 N–H and O–H groups in total. The molecule has 0 spiro atoms. The van der Waals surface area contributed by atoms with Crippen LogP contribution >= 0.6 is 7.82 Å². The van der Waals surface area contributed by atoms with E-state index in [2.05, 4.69) is 0 Å². The van der Waals surface area contributed by atoms with Crippen molar-refractivity contribution in [2.75, 3.05) is 0 Å². The van der Waals surface area contributed by atoms with Gasteiger partial charge >= 0.3 is 46.6 Å². The standard InChI is InChI=1S/FH.Fe.Na.H3O4P/c;;;1-5(2,3)4/h1H;;;(H3,1,2,3,4)/q;+3;+1;/p-4. The van der Waals surface area contributed by atoms with Gasteiger partial charge in [0.2, 0.25) is 0 Å². The third kappa shape index (κ3) is 134. The van der Waals surface area contributed by atoms with Gasteiger partial charge in [-0.3, -0.25) is 0 Å². The molecule has 0 saturated heterocycles. The summed E-state index contributed by atoms with van der Waals surface area (Å²) in [5.41, 5.74) is 0. The van der Waals surface area contributed by atoms with E-state index in [1.54, 1.807) is 0 Å². The zero-order chi connectivity index (χ0) is 4.50. The molecule has 8 heavy (non-hydrogen) atoms. The van der Waals surface area contributed by atoms with Crippen molar-refractivity contribution in [3.05, 3.63) is 0 Å². The summed E-state index contributed by atoms with van der Waals surface area (Å²) >= 11 is 0. The molecule has 0 atom stereocenters. The fourth-order valence-corrected chi connectivity index (χ4v) is 0. The Morgan fingerprint density at radius 1 is 1.12 bits per heavy atom. The van der Waals surface area contributed by atoms with Crippen molar-refractivity contribution in [1.29, 1.82) is 0 Å². The van der Waals surface area contributed by atoms with E-state index < -0.39 is 7.82 Å².